The van der Waals surface area contributed by atoms with Gasteiger partial charge in [0.05, 0.1) is 7.11 Å². The first-order chi connectivity index (χ1) is 7.69. The number of hydrogen-bond donors (Lipinski definition) is 0. The van der Waals surface area contributed by atoms with E-state index in [1.807, 2.05) is 18.2 Å². The minimum atomic E-state index is 0.386. The molecule has 0 saturated heterocycles. The van der Waals surface area contributed by atoms with Gasteiger partial charge in [-0.15, -0.1) is 11.6 Å². The number of rotatable bonds is 4. The van der Waals surface area contributed by atoms with Crippen molar-refractivity contribution in [3.63, 3.8) is 0 Å². The van der Waals surface area contributed by atoms with Crippen molar-refractivity contribution in [3.8, 4) is 5.88 Å². The highest BCUT2D eigenvalue weighted by atomic mass is 35.5. The average Bonchev–Trinajstić information content (AvgIpc) is 2.27. The SMILES string of the molecule is COc1cccc(N(C)CC2CC(Cl)C2)n1. The Labute approximate surface area is 101 Å². The average molecular weight is 241 g/mol. The molecular weight excluding hydrogens is 224 g/mol. The molecule has 0 unspecified atom stereocenters. The summed E-state index contributed by atoms with van der Waals surface area (Å²) in [5, 5.41) is 0.386. The summed E-state index contributed by atoms with van der Waals surface area (Å²) in [6.45, 7) is 1.02. The van der Waals surface area contributed by atoms with E-state index in [0.29, 0.717) is 17.2 Å². The van der Waals surface area contributed by atoms with Crippen LogP contribution in [0.25, 0.3) is 0 Å². The number of hydrogen-bond acceptors (Lipinski definition) is 3. The van der Waals surface area contributed by atoms with E-state index >= 15 is 0 Å². The molecule has 1 aromatic heterocycles. The standard InChI is InChI=1S/C12H17ClN2O/c1-15(8-9-6-10(13)7-9)11-4-3-5-12(14-11)16-2/h3-5,9-10H,6-8H2,1-2H3. The Hall–Kier alpha value is -0.960. The zero-order chi connectivity index (χ0) is 11.5. The van der Waals surface area contributed by atoms with Crippen molar-refractivity contribution in [1.82, 2.24) is 4.98 Å². The summed E-state index contributed by atoms with van der Waals surface area (Å²) in [6, 6.07) is 5.82. The monoisotopic (exact) mass is 240 g/mol. The van der Waals surface area contributed by atoms with E-state index in [1.165, 1.54) is 0 Å². The van der Waals surface area contributed by atoms with E-state index in [-0.39, 0.29) is 0 Å². The fourth-order valence-electron chi connectivity index (χ4n) is 2.01. The second-order valence-electron chi connectivity index (χ2n) is 4.35. The number of halogens is 1. The first-order valence-electron chi connectivity index (χ1n) is 5.55. The number of nitrogens with zero attached hydrogens (tertiary/aromatic N) is 2. The fourth-order valence-corrected chi connectivity index (χ4v) is 2.52. The van der Waals surface area contributed by atoms with Crippen LogP contribution in [0.4, 0.5) is 5.82 Å². The first-order valence-corrected chi connectivity index (χ1v) is 5.99. The van der Waals surface area contributed by atoms with Gasteiger partial charge in [0.2, 0.25) is 5.88 Å². The first kappa shape index (κ1) is 11.5. The summed E-state index contributed by atoms with van der Waals surface area (Å²) in [5.74, 6) is 2.33. The van der Waals surface area contributed by atoms with Gasteiger partial charge in [0, 0.05) is 25.0 Å². The lowest BCUT2D eigenvalue weighted by molar-refractivity contribution is 0.328. The Morgan fingerprint density at radius 2 is 2.25 bits per heavy atom. The number of pyridine rings is 1. The molecule has 1 aliphatic carbocycles. The zero-order valence-corrected chi connectivity index (χ0v) is 10.4. The molecular formula is C12H17ClN2O. The lowest BCUT2D eigenvalue weighted by Gasteiger charge is -2.34. The third-order valence-corrected chi connectivity index (χ3v) is 3.38. The largest absolute Gasteiger partial charge is 0.481 e. The topological polar surface area (TPSA) is 25.4 Å². The predicted molar refractivity (Wildman–Crippen MR) is 66.4 cm³/mol. The molecule has 1 heterocycles. The summed E-state index contributed by atoms with van der Waals surface area (Å²) in [7, 11) is 3.69. The Balaban J connectivity index is 1.94. The predicted octanol–water partition coefficient (Wildman–Crippen LogP) is 2.54. The number of ether oxygens (including phenoxy) is 1. The van der Waals surface area contributed by atoms with Gasteiger partial charge in [-0.2, -0.15) is 4.98 Å². The van der Waals surface area contributed by atoms with Crippen LogP contribution in [-0.2, 0) is 0 Å². The van der Waals surface area contributed by atoms with E-state index in [2.05, 4.69) is 16.9 Å². The molecule has 0 aliphatic heterocycles. The van der Waals surface area contributed by atoms with E-state index in [0.717, 1.165) is 25.2 Å². The van der Waals surface area contributed by atoms with Gasteiger partial charge in [-0.3, -0.25) is 0 Å². The summed E-state index contributed by atoms with van der Waals surface area (Å²) >= 11 is 5.97. The van der Waals surface area contributed by atoms with Gasteiger partial charge in [0.25, 0.3) is 0 Å². The molecule has 1 fully saturated rings. The van der Waals surface area contributed by atoms with Crippen LogP contribution < -0.4 is 9.64 Å². The molecule has 0 amide bonds. The maximum Gasteiger partial charge on any atom is 0.214 e. The van der Waals surface area contributed by atoms with Crippen LogP contribution in [0, 0.1) is 5.92 Å². The molecule has 2 rings (SSSR count). The van der Waals surface area contributed by atoms with Crippen LogP contribution in [0.1, 0.15) is 12.8 Å². The molecule has 88 valence electrons. The minimum absolute atomic E-state index is 0.386. The molecule has 0 atom stereocenters. The Morgan fingerprint density at radius 1 is 1.50 bits per heavy atom. The summed E-state index contributed by atoms with van der Waals surface area (Å²) < 4.78 is 5.11. The van der Waals surface area contributed by atoms with Gasteiger partial charge in [-0.05, 0) is 24.8 Å². The molecule has 0 radical (unpaired) electrons. The molecule has 0 N–H and O–H groups in total. The number of alkyl halides is 1. The van der Waals surface area contributed by atoms with E-state index in [1.54, 1.807) is 7.11 Å². The van der Waals surface area contributed by atoms with Gasteiger partial charge in [-0.25, -0.2) is 0 Å². The molecule has 0 spiro atoms. The highest BCUT2D eigenvalue weighted by molar-refractivity contribution is 6.21. The van der Waals surface area contributed by atoms with Crippen LogP contribution in [0.3, 0.4) is 0 Å². The lowest BCUT2D eigenvalue weighted by Crippen LogP contribution is -2.35. The summed E-state index contributed by atoms with van der Waals surface area (Å²) in [4.78, 5) is 6.56. The second kappa shape index (κ2) is 4.91. The highest BCUT2D eigenvalue weighted by Crippen LogP contribution is 2.32. The van der Waals surface area contributed by atoms with Crippen molar-refractivity contribution >= 4 is 17.4 Å². The van der Waals surface area contributed by atoms with Gasteiger partial charge in [0.1, 0.15) is 5.82 Å². The normalized spacial score (nSPS) is 23.7. The van der Waals surface area contributed by atoms with Crippen molar-refractivity contribution in [2.45, 2.75) is 18.2 Å². The van der Waals surface area contributed by atoms with Crippen molar-refractivity contribution in [1.29, 1.82) is 0 Å². The molecule has 4 heteroatoms. The molecule has 3 nitrogen and oxygen atoms in total. The molecule has 1 saturated carbocycles. The Morgan fingerprint density at radius 3 is 2.88 bits per heavy atom. The molecule has 16 heavy (non-hydrogen) atoms. The third-order valence-electron chi connectivity index (χ3n) is 3.02. The Bertz CT molecular complexity index is 353. The van der Waals surface area contributed by atoms with E-state index in [9.17, 15) is 0 Å². The molecule has 0 bridgehead atoms. The Kier molecular flexibility index (Phi) is 3.54. The third kappa shape index (κ3) is 2.59. The van der Waals surface area contributed by atoms with Crippen molar-refractivity contribution in [2.24, 2.45) is 5.92 Å². The van der Waals surface area contributed by atoms with Crippen LogP contribution in [-0.4, -0.2) is 31.1 Å². The fraction of sp³-hybridized carbons (Fsp3) is 0.583. The van der Waals surface area contributed by atoms with Gasteiger partial charge in [0.15, 0.2) is 0 Å². The van der Waals surface area contributed by atoms with E-state index < -0.39 is 0 Å². The highest BCUT2D eigenvalue weighted by Gasteiger charge is 2.28. The van der Waals surface area contributed by atoms with Gasteiger partial charge in [-0.1, -0.05) is 6.07 Å². The van der Waals surface area contributed by atoms with Gasteiger partial charge >= 0.3 is 0 Å². The number of aromatic nitrogens is 1. The van der Waals surface area contributed by atoms with Crippen molar-refractivity contribution in [3.05, 3.63) is 18.2 Å². The van der Waals surface area contributed by atoms with Crippen molar-refractivity contribution < 1.29 is 4.74 Å². The van der Waals surface area contributed by atoms with Gasteiger partial charge < -0.3 is 9.64 Å². The smallest absolute Gasteiger partial charge is 0.214 e. The summed E-state index contributed by atoms with van der Waals surface area (Å²) in [6.07, 6.45) is 2.24. The molecule has 1 aliphatic rings. The van der Waals surface area contributed by atoms with Crippen LogP contribution >= 0.6 is 11.6 Å². The van der Waals surface area contributed by atoms with E-state index in [4.69, 9.17) is 16.3 Å². The lowest BCUT2D eigenvalue weighted by atomic mass is 9.84. The number of methoxy groups -OCH3 is 1. The quantitative estimate of drug-likeness (QED) is 0.757. The zero-order valence-electron chi connectivity index (χ0n) is 9.69. The van der Waals surface area contributed by atoms with Crippen molar-refractivity contribution in [2.75, 3.05) is 25.6 Å². The van der Waals surface area contributed by atoms with Crippen LogP contribution in [0.15, 0.2) is 18.2 Å². The maximum atomic E-state index is 5.97. The maximum absolute atomic E-state index is 5.97. The molecule has 0 aromatic carbocycles. The number of anilines is 1. The minimum Gasteiger partial charge on any atom is -0.481 e. The molecule has 1 aromatic rings. The van der Waals surface area contributed by atoms with Crippen LogP contribution in [0.5, 0.6) is 5.88 Å². The second-order valence-corrected chi connectivity index (χ2v) is 4.97. The summed E-state index contributed by atoms with van der Waals surface area (Å²) in [5.41, 5.74) is 0. The van der Waals surface area contributed by atoms with Crippen LogP contribution in [0.2, 0.25) is 0 Å².